The summed E-state index contributed by atoms with van der Waals surface area (Å²) in [4.78, 5) is 35.5. The van der Waals surface area contributed by atoms with Crippen LogP contribution in [-0.2, 0) is 19.1 Å². The van der Waals surface area contributed by atoms with Crippen LogP contribution in [0.1, 0.15) is 38.6 Å². The third kappa shape index (κ3) is 2.20. The lowest BCUT2D eigenvalue weighted by atomic mass is 9.89. The summed E-state index contributed by atoms with van der Waals surface area (Å²) in [7, 11) is 0. The second kappa shape index (κ2) is 5.68. The quantitative estimate of drug-likeness (QED) is 0.353. The van der Waals surface area contributed by atoms with Crippen LogP contribution in [0.5, 0.6) is 0 Å². The maximum Gasteiger partial charge on any atom is 0.347 e. The molecule has 12 nitrogen and oxygen atoms in total. The van der Waals surface area contributed by atoms with Crippen LogP contribution in [0.3, 0.4) is 0 Å². The molecule has 1 saturated heterocycles. The van der Waals surface area contributed by atoms with Crippen LogP contribution in [0.2, 0.25) is 5.28 Å². The van der Waals surface area contributed by atoms with Crippen molar-refractivity contribution in [3.05, 3.63) is 11.6 Å². The van der Waals surface area contributed by atoms with Crippen molar-refractivity contribution in [2.45, 2.75) is 67.7 Å². The van der Waals surface area contributed by atoms with E-state index in [-0.39, 0.29) is 23.6 Å². The molecule has 4 fully saturated rings. The zero-order valence-electron chi connectivity index (χ0n) is 16.9. The topological polar surface area (TPSA) is 183 Å². The van der Waals surface area contributed by atoms with Gasteiger partial charge >= 0.3 is 11.9 Å². The third-order valence-corrected chi connectivity index (χ3v) is 7.87. The normalized spacial score (nSPS) is 36.3. The summed E-state index contributed by atoms with van der Waals surface area (Å²) in [5.41, 5.74) is 1.99. The molecular weight excluding hydrogens is 446 g/mol. The molecule has 3 saturated carbocycles. The first kappa shape index (κ1) is 20.1. The molecule has 3 heterocycles. The molecule has 5 atom stereocenters. The van der Waals surface area contributed by atoms with Gasteiger partial charge in [0.2, 0.25) is 5.28 Å². The number of imidazole rings is 1. The fourth-order valence-electron chi connectivity index (χ4n) is 5.61. The number of anilines is 1. The summed E-state index contributed by atoms with van der Waals surface area (Å²) >= 11 is 5.98. The molecule has 1 aliphatic heterocycles. The molecule has 5 N–H and O–H groups in total. The number of nitrogen functional groups attached to an aromatic ring is 1. The van der Waals surface area contributed by atoms with Crippen LogP contribution >= 0.6 is 11.6 Å². The lowest BCUT2D eigenvalue weighted by molar-refractivity contribution is -0.187. The summed E-state index contributed by atoms with van der Waals surface area (Å²) in [5, 5.41) is 30.0. The van der Waals surface area contributed by atoms with E-state index in [0.717, 1.165) is 19.8 Å². The second-order valence-electron chi connectivity index (χ2n) is 9.38. The van der Waals surface area contributed by atoms with E-state index in [4.69, 9.17) is 26.8 Å². The fraction of sp³-hybridized carbons (Fsp3) is 0.632. The maximum atomic E-state index is 11.5. The minimum Gasteiger partial charge on any atom is -0.479 e. The van der Waals surface area contributed by atoms with E-state index < -0.39 is 46.4 Å². The largest absolute Gasteiger partial charge is 0.479 e. The van der Waals surface area contributed by atoms with Gasteiger partial charge < -0.3 is 35.1 Å². The van der Waals surface area contributed by atoms with Crippen molar-refractivity contribution in [3.8, 4) is 0 Å². The molecule has 2 aromatic heterocycles. The highest BCUT2D eigenvalue weighted by atomic mass is 35.5. The molecule has 0 bridgehead atoms. The highest BCUT2D eigenvalue weighted by Gasteiger charge is 2.89. The molecule has 4 aliphatic rings. The highest BCUT2D eigenvalue weighted by Crippen LogP contribution is 2.81. The van der Waals surface area contributed by atoms with Crippen molar-refractivity contribution in [1.29, 1.82) is 0 Å². The van der Waals surface area contributed by atoms with Crippen LogP contribution in [0.15, 0.2) is 6.33 Å². The Morgan fingerprint density at radius 2 is 2.00 bits per heavy atom. The molecule has 4 unspecified atom stereocenters. The number of rotatable bonds is 5. The van der Waals surface area contributed by atoms with E-state index in [1.807, 2.05) is 4.57 Å². The average molecular weight is 466 g/mol. The van der Waals surface area contributed by atoms with Gasteiger partial charge in [-0.2, -0.15) is 9.97 Å². The molecule has 2 aromatic rings. The molecule has 32 heavy (non-hydrogen) atoms. The van der Waals surface area contributed by atoms with Crippen molar-refractivity contribution >= 4 is 40.5 Å². The van der Waals surface area contributed by atoms with Gasteiger partial charge in [-0.3, -0.25) is 0 Å². The minimum atomic E-state index is -2.43. The van der Waals surface area contributed by atoms with E-state index in [2.05, 4.69) is 15.0 Å². The van der Waals surface area contributed by atoms with Gasteiger partial charge in [0, 0.05) is 18.3 Å². The summed E-state index contributed by atoms with van der Waals surface area (Å²) in [6.07, 6.45) is 2.11. The highest BCUT2D eigenvalue weighted by molar-refractivity contribution is 6.28. The van der Waals surface area contributed by atoms with Gasteiger partial charge in [0.05, 0.1) is 24.6 Å². The molecule has 0 radical (unpaired) electrons. The van der Waals surface area contributed by atoms with Gasteiger partial charge in [0.15, 0.2) is 11.5 Å². The molecule has 3 aliphatic carbocycles. The average Bonchev–Trinajstić information content (AvgIpc) is 3.64. The van der Waals surface area contributed by atoms with E-state index in [0.29, 0.717) is 17.6 Å². The van der Waals surface area contributed by atoms with Crippen LogP contribution < -0.4 is 5.73 Å². The Kier molecular flexibility index (Phi) is 3.57. The van der Waals surface area contributed by atoms with Crippen LogP contribution in [0, 0.1) is 5.41 Å². The molecule has 13 heteroatoms. The SMILES string of the molecule is CC(OC1CC12OC1(CC1n1cnc3c(N)nc(Cl)nc31)C1(CC1)[C@@H]2O)(C(=O)O)C(=O)O. The van der Waals surface area contributed by atoms with Crippen molar-refractivity contribution in [3.63, 3.8) is 0 Å². The molecule has 0 aromatic carbocycles. The summed E-state index contributed by atoms with van der Waals surface area (Å²) < 4.78 is 13.8. The van der Waals surface area contributed by atoms with Crippen LogP contribution in [0.4, 0.5) is 5.82 Å². The van der Waals surface area contributed by atoms with Crippen molar-refractivity contribution in [2.75, 3.05) is 5.73 Å². The van der Waals surface area contributed by atoms with Crippen molar-refractivity contribution in [2.24, 2.45) is 5.41 Å². The molecule has 170 valence electrons. The Morgan fingerprint density at radius 3 is 2.62 bits per heavy atom. The van der Waals surface area contributed by atoms with Crippen LogP contribution in [0.25, 0.3) is 11.2 Å². The maximum absolute atomic E-state index is 11.5. The monoisotopic (exact) mass is 465 g/mol. The van der Waals surface area contributed by atoms with E-state index in [1.54, 1.807) is 6.33 Å². The van der Waals surface area contributed by atoms with Gasteiger partial charge in [0.25, 0.3) is 5.60 Å². The lowest BCUT2D eigenvalue weighted by Gasteiger charge is -2.23. The molecule has 6 rings (SSSR count). The number of nitrogens with two attached hydrogens (primary N) is 1. The van der Waals surface area contributed by atoms with Gasteiger partial charge in [0.1, 0.15) is 16.7 Å². The standard InChI is InChI=1S/C19H20ClN5O7/c1-16(13(27)28,14(29)30)31-8-5-18(8)12(26)17(2-3-17)19(32-18)4-7(19)25-6-22-9-10(21)23-15(20)24-11(9)25/h6-8,12,26H,2-5H2,1H3,(H,27,28)(H,29,30)(H2,21,23,24)/t7?,8?,12-,18?,19?/m0/s1. The van der Waals surface area contributed by atoms with Gasteiger partial charge in [-0.1, -0.05) is 0 Å². The number of nitrogens with zero attached hydrogens (tertiary/aromatic N) is 4. The minimum absolute atomic E-state index is 0.00582. The zero-order valence-corrected chi connectivity index (χ0v) is 17.6. The van der Waals surface area contributed by atoms with Gasteiger partial charge in [-0.05, 0) is 31.4 Å². The first-order valence-corrected chi connectivity index (χ1v) is 10.6. The number of aliphatic hydroxyl groups excluding tert-OH is 1. The first-order valence-electron chi connectivity index (χ1n) is 10.2. The Bertz CT molecular complexity index is 1200. The number of carboxylic acids is 2. The summed E-state index contributed by atoms with van der Waals surface area (Å²) in [5.74, 6) is -3.06. The summed E-state index contributed by atoms with van der Waals surface area (Å²) in [6.45, 7) is 0.985. The van der Waals surface area contributed by atoms with E-state index in [9.17, 15) is 24.9 Å². The number of aliphatic carboxylic acids is 2. The predicted molar refractivity (Wildman–Crippen MR) is 106 cm³/mol. The number of carboxylic acid groups (broad SMARTS) is 2. The zero-order chi connectivity index (χ0) is 22.8. The lowest BCUT2D eigenvalue weighted by Crippen LogP contribution is -2.48. The number of hydrogen-bond donors (Lipinski definition) is 4. The van der Waals surface area contributed by atoms with Gasteiger partial charge in [-0.15, -0.1) is 0 Å². The van der Waals surface area contributed by atoms with Crippen molar-refractivity contribution < 1.29 is 34.4 Å². The Labute approximate surface area is 185 Å². The Hall–Kier alpha value is -2.54. The third-order valence-electron chi connectivity index (χ3n) is 7.70. The van der Waals surface area contributed by atoms with E-state index >= 15 is 0 Å². The predicted octanol–water partition coefficient (Wildman–Crippen LogP) is 0.372. The number of aromatic nitrogens is 4. The number of hydrogen-bond acceptors (Lipinski definition) is 9. The number of halogens is 1. The fourth-order valence-corrected chi connectivity index (χ4v) is 5.78. The smallest absolute Gasteiger partial charge is 0.347 e. The first-order chi connectivity index (χ1) is 15.0. The second-order valence-corrected chi connectivity index (χ2v) is 9.72. The Balaban J connectivity index is 1.32. The van der Waals surface area contributed by atoms with Crippen molar-refractivity contribution in [1.82, 2.24) is 19.5 Å². The Morgan fingerprint density at radius 1 is 1.31 bits per heavy atom. The molecular formula is C19H20ClN5O7. The number of fused-ring (bicyclic) bond motifs is 2. The van der Waals surface area contributed by atoms with Gasteiger partial charge in [-0.25, -0.2) is 14.6 Å². The molecule has 3 spiro atoms. The number of aliphatic hydroxyl groups is 1. The number of ether oxygens (including phenoxy) is 2. The van der Waals surface area contributed by atoms with E-state index in [1.165, 1.54) is 0 Å². The summed E-state index contributed by atoms with van der Waals surface area (Å²) in [6, 6.07) is -0.194. The number of carbonyl (C=O) groups is 2. The van der Waals surface area contributed by atoms with Crippen LogP contribution in [-0.4, -0.2) is 75.8 Å². The molecule has 0 amide bonds.